The van der Waals surface area contributed by atoms with Gasteiger partial charge in [0, 0.05) is 13.4 Å². The van der Waals surface area contributed by atoms with Crippen molar-refractivity contribution >= 4 is 65.5 Å². The van der Waals surface area contributed by atoms with Gasteiger partial charge in [-0.05, 0) is 44.0 Å². The normalized spacial score (nSPS) is 9.69. The lowest BCUT2D eigenvalue weighted by atomic mass is 10.3. The Morgan fingerprint density at radius 1 is 1.25 bits per heavy atom. The number of carbonyl (C=O) groups excluding carboxylic acids is 1. The first kappa shape index (κ1) is 13.5. The van der Waals surface area contributed by atoms with Crippen molar-refractivity contribution in [2.24, 2.45) is 5.73 Å². The van der Waals surface area contributed by atoms with Crippen molar-refractivity contribution in [2.75, 3.05) is 5.32 Å². The summed E-state index contributed by atoms with van der Waals surface area (Å²) in [5.74, 6) is -0.198. The molecule has 8 heteroatoms. The van der Waals surface area contributed by atoms with Crippen LogP contribution < -0.4 is 16.4 Å². The third-order valence-corrected chi connectivity index (χ3v) is 3.21. The molecule has 0 saturated carbocycles. The van der Waals surface area contributed by atoms with Crippen molar-refractivity contribution in [3.05, 3.63) is 25.6 Å². The van der Waals surface area contributed by atoms with E-state index in [4.69, 9.17) is 11.1 Å². The number of halogens is 3. The summed E-state index contributed by atoms with van der Waals surface area (Å²) in [6.07, 6.45) is 0. The van der Waals surface area contributed by atoms with Gasteiger partial charge in [-0.3, -0.25) is 10.7 Å². The summed E-state index contributed by atoms with van der Waals surface area (Å²) >= 11 is 9.98. The van der Waals surface area contributed by atoms with Crippen LogP contribution in [0.3, 0.4) is 0 Å². The molecule has 1 aromatic rings. The summed E-state index contributed by atoms with van der Waals surface area (Å²) in [6, 6.07) is 2.83. The number of primary amides is 1. The first-order valence-corrected chi connectivity index (χ1v) is 6.34. The Morgan fingerprint density at radius 2 is 1.75 bits per heavy atom. The maximum Gasteiger partial charge on any atom is 0.318 e. The molecule has 16 heavy (non-hydrogen) atoms. The van der Waals surface area contributed by atoms with Crippen LogP contribution in [-0.2, 0) is 0 Å². The van der Waals surface area contributed by atoms with E-state index in [1.165, 1.54) is 0 Å². The van der Waals surface area contributed by atoms with Gasteiger partial charge in [0.15, 0.2) is 0 Å². The number of nitrogens with two attached hydrogens (primary N) is 1. The van der Waals surface area contributed by atoms with Crippen molar-refractivity contribution in [3.8, 4) is 0 Å². The predicted molar refractivity (Wildman–Crippen MR) is 73.6 cm³/mol. The van der Waals surface area contributed by atoms with E-state index >= 15 is 0 Å². The second kappa shape index (κ2) is 5.65. The third kappa shape index (κ3) is 3.76. The highest BCUT2D eigenvalue weighted by Crippen LogP contribution is 2.34. The standard InChI is InChI=1S/C8H7Br3N4O/c9-3-1-4(10)6(5(11)2-3)14-7(12)15-8(13)16/h1-2H,(H5,12,13,14,15,16). The van der Waals surface area contributed by atoms with Gasteiger partial charge in [0.1, 0.15) is 0 Å². The monoisotopic (exact) mass is 412 g/mol. The molecule has 1 aromatic carbocycles. The maximum absolute atomic E-state index is 10.5. The quantitative estimate of drug-likeness (QED) is 0.420. The van der Waals surface area contributed by atoms with Gasteiger partial charge in [0.2, 0.25) is 5.96 Å². The second-order valence-corrected chi connectivity index (χ2v) is 5.36. The van der Waals surface area contributed by atoms with Crippen LogP contribution in [0.25, 0.3) is 0 Å². The molecule has 5 N–H and O–H groups in total. The molecular formula is C8H7Br3N4O. The van der Waals surface area contributed by atoms with Crippen LogP contribution in [-0.4, -0.2) is 12.0 Å². The highest BCUT2D eigenvalue weighted by atomic mass is 79.9. The van der Waals surface area contributed by atoms with Crippen LogP contribution >= 0.6 is 47.8 Å². The fourth-order valence-electron chi connectivity index (χ4n) is 0.941. The highest BCUT2D eigenvalue weighted by Gasteiger charge is 2.09. The van der Waals surface area contributed by atoms with Crippen LogP contribution in [0.4, 0.5) is 10.5 Å². The fourth-order valence-corrected chi connectivity index (χ4v) is 3.40. The summed E-state index contributed by atoms with van der Waals surface area (Å²) in [5.41, 5.74) is 5.51. The third-order valence-electron chi connectivity index (χ3n) is 1.51. The number of nitrogens with one attached hydrogen (secondary N) is 3. The zero-order valence-electron chi connectivity index (χ0n) is 7.77. The molecular weight excluding hydrogens is 408 g/mol. The topological polar surface area (TPSA) is 91.0 Å². The number of urea groups is 1. The van der Waals surface area contributed by atoms with Crippen LogP contribution in [0.1, 0.15) is 0 Å². The minimum Gasteiger partial charge on any atom is -0.351 e. The average Bonchev–Trinajstić information content (AvgIpc) is 2.09. The van der Waals surface area contributed by atoms with Gasteiger partial charge in [0.25, 0.3) is 0 Å². The van der Waals surface area contributed by atoms with Crippen LogP contribution in [0, 0.1) is 5.41 Å². The molecule has 5 nitrogen and oxygen atoms in total. The predicted octanol–water partition coefficient (Wildman–Crippen LogP) is 2.99. The van der Waals surface area contributed by atoms with E-state index in [-0.39, 0.29) is 5.96 Å². The first-order valence-electron chi connectivity index (χ1n) is 3.96. The highest BCUT2D eigenvalue weighted by molar-refractivity contribution is 9.11. The summed E-state index contributed by atoms with van der Waals surface area (Å²) in [5, 5.41) is 12.2. The fraction of sp³-hybridized carbons (Fsp3) is 0. The van der Waals surface area contributed by atoms with Crippen molar-refractivity contribution in [1.82, 2.24) is 5.32 Å². The Morgan fingerprint density at radius 3 is 2.19 bits per heavy atom. The lowest BCUT2D eigenvalue weighted by molar-refractivity contribution is 0.253. The molecule has 0 spiro atoms. The minimum absolute atomic E-state index is 0.198. The molecule has 0 heterocycles. The summed E-state index contributed by atoms with van der Waals surface area (Å²) in [7, 11) is 0. The molecule has 0 aliphatic heterocycles. The number of amides is 2. The molecule has 2 amide bonds. The summed E-state index contributed by atoms with van der Waals surface area (Å²) < 4.78 is 2.36. The SMILES string of the molecule is N=C(NC(N)=O)Nc1c(Br)cc(Br)cc1Br. The lowest BCUT2D eigenvalue weighted by Crippen LogP contribution is -2.38. The molecule has 0 saturated heterocycles. The Balaban J connectivity index is 2.89. The van der Waals surface area contributed by atoms with E-state index < -0.39 is 6.03 Å². The Hall–Kier alpha value is -0.600. The van der Waals surface area contributed by atoms with Crippen molar-refractivity contribution in [1.29, 1.82) is 5.41 Å². The number of carbonyl (C=O) groups is 1. The van der Waals surface area contributed by atoms with E-state index in [0.717, 1.165) is 13.4 Å². The van der Waals surface area contributed by atoms with Crippen molar-refractivity contribution in [3.63, 3.8) is 0 Å². The Kier molecular flexibility index (Phi) is 4.75. The molecule has 0 aromatic heterocycles. The van der Waals surface area contributed by atoms with E-state index in [2.05, 4.69) is 58.4 Å². The van der Waals surface area contributed by atoms with Crippen LogP contribution in [0.5, 0.6) is 0 Å². The van der Waals surface area contributed by atoms with Crippen LogP contribution in [0.15, 0.2) is 25.6 Å². The Bertz CT molecular complexity index is 426. The largest absolute Gasteiger partial charge is 0.351 e. The van der Waals surface area contributed by atoms with Crippen molar-refractivity contribution < 1.29 is 4.79 Å². The summed E-state index contributed by atoms with van der Waals surface area (Å²) in [4.78, 5) is 10.5. The molecule has 0 aliphatic carbocycles. The van der Waals surface area contributed by atoms with Gasteiger partial charge in [-0.15, -0.1) is 0 Å². The van der Waals surface area contributed by atoms with Gasteiger partial charge in [0.05, 0.1) is 5.69 Å². The molecule has 86 valence electrons. The summed E-state index contributed by atoms with van der Waals surface area (Å²) in [6.45, 7) is 0. The maximum atomic E-state index is 10.5. The van der Waals surface area contributed by atoms with E-state index in [1.54, 1.807) is 0 Å². The van der Waals surface area contributed by atoms with Gasteiger partial charge in [-0.1, -0.05) is 15.9 Å². The smallest absolute Gasteiger partial charge is 0.318 e. The molecule has 0 aliphatic rings. The van der Waals surface area contributed by atoms with E-state index in [0.29, 0.717) is 5.69 Å². The zero-order valence-corrected chi connectivity index (χ0v) is 12.5. The lowest BCUT2D eigenvalue weighted by Gasteiger charge is -2.11. The minimum atomic E-state index is -0.790. The number of anilines is 1. The molecule has 0 radical (unpaired) electrons. The van der Waals surface area contributed by atoms with Gasteiger partial charge in [-0.25, -0.2) is 4.79 Å². The van der Waals surface area contributed by atoms with Crippen LogP contribution in [0.2, 0.25) is 0 Å². The van der Waals surface area contributed by atoms with Gasteiger partial charge in [-0.2, -0.15) is 0 Å². The number of rotatable bonds is 1. The van der Waals surface area contributed by atoms with Crippen molar-refractivity contribution in [2.45, 2.75) is 0 Å². The zero-order chi connectivity index (χ0) is 12.3. The van der Waals surface area contributed by atoms with E-state index in [1.807, 2.05) is 12.1 Å². The second-order valence-electron chi connectivity index (χ2n) is 2.73. The average molecular weight is 415 g/mol. The first-order chi connectivity index (χ1) is 7.40. The number of benzene rings is 1. The van der Waals surface area contributed by atoms with Gasteiger partial charge >= 0.3 is 6.03 Å². The number of hydrogen-bond acceptors (Lipinski definition) is 2. The molecule has 0 bridgehead atoms. The molecule has 0 fully saturated rings. The molecule has 0 atom stereocenters. The number of guanidine groups is 1. The Labute approximate surface area is 117 Å². The van der Waals surface area contributed by atoms with E-state index in [9.17, 15) is 4.79 Å². The molecule has 0 unspecified atom stereocenters. The van der Waals surface area contributed by atoms with Gasteiger partial charge < -0.3 is 11.1 Å². The number of hydrogen-bond donors (Lipinski definition) is 4. The molecule has 1 rings (SSSR count).